The molecule has 0 bridgehead atoms. The predicted octanol–water partition coefficient (Wildman–Crippen LogP) is 7.10. The van der Waals surface area contributed by atoms with Crippen molar-refractivity contribution in [3.8, 4) is 17.2 Å². The van der Waals surface area contributed by atoms with E-state index in [0.29, 0.717) is 40.3 Å². The molecule has 5 rings (SSSR count). The summed E-state index contributed by atoms with van der Waals surface area (Å²) in [5.74, 6) is 1.53. The fraction of sp³-hybridized carbons (Fsp3) is 0.133. The summed E-state index contributed by atoms with van der Waals surface area (Å²) in [5, 5.41) is 7.16. The highest BCUT2D eigenvalue weighted by Gasteiger charge is 2.14. The molecule has 0 spiro atoms. The Bertz CT molecular complexity index is 1640. The zero-order valence-corrected chi connectivity index (χ0v) is 22.4. The third-order valence-corrected chi connectivity index (χ3v) is 6.50. The first-order chi connectivity index (χ1) is 18.6. The summed E-state index contributed by atoms with van der Waals surface area (Å²) >= 11 is 3.58. The monoisotopic (exact) mass is 572 g/mol. The van der Waals surface area contributed by atoms with Crippen LogP contribution >= 0.6 is 15.9 Å². The lowest BCUT2D eigenvalue weighted by Crippen LogP contribution is -2.16. The molecular formula is C30H25BrN2O5. The number of hydrogen-bond acceptors (Lipinski definition) is 6. The molecule has 1 heterocycles. The van der Waals surface area contributed by atoms with Crippen molar-refractivity contribution in [2.24, 2.45) is 5.10 Å². The van der Waals surface area contributed by atoms with E-state index >= 15 is 0 Å². The highest BCUT2D eigenvalue weighted by atomic mass is 79.9. The highest BCUT2D eigenvalue weighted by molar-refractivity contribution is 9.10. The Balaban J connectivity index is 1.27. The Kier molecular flexibility index (Phi) is 7.60. The standard InChI is InChI=1S/C30H25BrN2O5/c1-3-36-23-11-12-26-22(15-23)16-28(38-26)30(34)33-32-17-19-13-25(31)29(27(14-19)35-2)37-18-21-9-6-8-20-7-4-5-10-24(20)21/h4-17H,3,18H2,1-2H3,(H,33,34)/b32-17-. The molecule has 38 heavy (non-hydrogen) atoms. The zero-order valence-electron chi connectivity index (χ0n) is 20.9. The maximum absolute atomic E-state index is 12.6. The molecule has 1 N–H and O–H groups in total. The van der Waals surface area contributed by atoms with Gasteiger partial charge in [-0.1, -0.05) is 42.5 Å². The lowest BCUT2D eigenvalue weighted by atomic mass is 10.1. The number of amides is 1. The van der Waals surface area contributed by atoms with Gasteiger partial charge in [-0.05, 0) is 81.2 Å². The Hall–Kier alpha value is -4.30. The third-order valence-electron chi connectivity index (χ3n) is 5.91. The maximum Gasteiger partial charge on any atom is 0.307 e. The molecule has 5 aromatic rings. The number of benzene rings is 4. The Morgan fingerprint density at radius 2 is 1.84 bits per heavy atom. The van der Waals surface area contributed by atoms with Crippen molar-refractivity contribution in [1.29, 1.82) is 0 Å². The van der Waals surface area contributed by atoms with Crippen LogP contribution in [0.4, 0.5) is 0 Å². The number of hydrogen-bond donors (Lipinski definition) is 1. The lowest BCUT2D eigenvalue weighted by molar-refractivity contribution is 0.0929. The molecule has 192 valence electrons. The number of hydrazone groups is 1. The second-order valence-electron chi connectivity index (χ2n) is 8.40. The van der Waals surface area contributed by atoms with Crippen molar-refractivity contribution in [2.45, 2.75) is 13.5 Å². The molecule has 0 aliphatic heterocycles. The van der Waals surface area contributed by atoms with Crippen LogP contribution in [-0.4, -0.2) is 25.8 Å². The van der Waals surface area contributed by atoms with Crippen LogP contribution in [0.2, 0.25) is 0 Å². The number of halogens is 1. The van der Waals surface area contributed by atoms with Gasteiger partial charge in [-0.25, -0.2) is 5.43 Å². The van der Waals surface area contributed by atoms with Crippen LogP contribution in [0.15, 0.2) is 92.9 Å². The third kappa shape index (κ3) is 5.50. The molecule has 0 unspecified atom stereocenters. The average molecular weight is 573 g/mol. The number of carbonyl (C=O) groups excluding carboxylic acids is 1. The summed E-state index contributed by atoms with van der Waals surface area (Å²) in [6, 6.07) is 25.0. The minimum Gasteiger partial charge on any atom is -0.494 e. The van der Waals surface area contributed by atoms with E-state index in [1.807, 2.05) is 43.3 Å². The lowest BCUT2D eigenvalue weighted by Gasteiger charge is -2.14. The Morgan fingerprint density at radius 3 is 2.68 bits per heavy atom. The number of methoxy groups -OCH3 is 1. The number of nitrogens with one attached hydrogen (secondary N) is 1. The first-order valence-electron chi connectivity index (χ1n) is 12.0. The van der Waals surface area contributed by atoms with Gasteiger partial charge in [0, 0.05) is 5.39 Å². The average Bonchev–Trinajstić information content (AvgIpc) is 3.36. The van der Waals surface area contributed by atoms with Gasteiger partial charge in [0.1, 0.15) is 17.9 Å². The van der Waals surface area contributed by atoms with Gasteiger partial charge in [-0.2, -0.15) is 5.10 Å². The topological polar surface area (TPSA) is 82.3 Å². The van der Waals surface area contributed by atoms with Gasteiger partial charge in [-0.15, -0.1) is 0 Å². The van der Waals surface area contributed by atoms with E-state index in [-0.39, 0.29) is 5.76 Å². The molecular weight excluding hydrogens is 548 g/mol. The van der Waals surface area contributed by atoms with E-state index in [1.54, 1.807) is 31.4 Å². The van der Waals surface area contributed by atoms with E-state index in [2.05, 4.69) is 44.7 Å². The second kappa shape index (κ2) is 11.4. The first-order valence-corrected chi connectivity index (χ1v) is 12.8. The number of rotatable bonds is 9. The normalized spacial score (nSPS) is 11.2. The van der Waals surface area contributed by atoms with Crippen molar-refractivity contribution in [3.05, 3.63) is 100 Å². The minimum absolute atomic E-state index is 0.154. The van der Waals surface area contributed by atoms with Crippen LogP contribution in [0.1, 0.15) is 28.6 Å². The molecule has 0 saturated heterocycles. The summed E-state index contributed by atoms with van der Waals surface area (Å²) < 4.78 is 23.6. The summed E-state index contributed by atoms with van der Waals surface area (Å²) in [4.78, 5) is 12.6. The molecule has 4 aromatic carbocycles. The number of fused-ring (bicyclic) bond motifs is 2. The molecule has 7 nitrogen and oxygen atoms in total. The van der Waals surface area contributed by atoms with Gasteiger partial charge in [-0.3, -0.25) is 4.79 Å². The summed E-state index contributed by atoms with van der Waals surface area (Å²) in [6.07, 6.45) is 1.52. The fourth-order valence-corrected chi connectivity index (χ4v) is 4.71. The molecule has 0 aliphatic carbocycles. The smallest absolute Gasteiger partial charge is 0.307 e. The molecule has 8 heteroatoms. The van der Waals surface area contributed by atoms with E-state index in [0.717, 1.165) is 27.5 Å². The van der Waals surface area contributed by atoms with Gasteiger partial charge in [0.2, 0.25) is 0 Å². The van der Waals surface area contributed by atoms with Gasteiger partial charge < -0.3 is 18.6 Å². The maximum atomic E-state index is 12.6. The molecule has 1 amide bonds. The molecule has 0 radical (unpaired) electrons. The molecule has 0 aliphatic rings. The van der Waals surface area contributed by atoms with Crippen molar-refractivity contribution >= 4 is 49.8 Å². The second-order valence-corrected chi connectivity index (χ2v) is 9.26. The number of carbonyl (C=O) groups is 1. The molecule has 1 aromatic heterocycles. The molecule has 0 fully saturated rings. The fourth-order valence-electron chi connectivity index (χ4n) is 4.13. The quantitative estimate of drug-likeness (QED) is 0.150. The van der Waals surface area contributed by atoms with Crippen molar-refractivity contribution < 1.29 is 23.4 Å². The van der Waals surface area contributed by atoms with Crippen molar-refractivity contribution in [2.75, 3.05) is 13.7 Å². The number of ether oxygens (including phenoxy) is 3. The summed E-state index contributed by atoms with van der Waals surface area (Å²) in [5.41, 5.74) is 4.87. The van der Waals surface area contributed by atoms with Gasteiger partial charge in [0.25, 0.3) is 0 Å². The van der Waals surface area contributed by atoms with Crippen LogP contribution in [0, 0.1) is 0 Å². The Labute approximate surface area is 228 Å². The Morgan fingerprint density at radius 1 is 1.00 bits per heavy atom. The summed E-state index contributed by atoms with van der Waals surface area (Å²) in [7, 11) is 1.58. The zero-order chi connectivity index (χ0) is 26.5. The van der Waals surface area contributed by atoms with Crippen LogP contribution in [0.3, 0.4) is 0 Å². The first kappa shape index (κ1) is 25.4. The van der Waals surface area contributed by atoms with Gasteiger partial charge in [0.15, 0.2) is 17.3 Å². The summed E-state index contributed by atoms with van der Waals surface area (Å²) in [6.45, 7) is 2.85. The molecule has 0 atom stereocenters. The largest absolute Gasteiger partial charge is 0.494 e. The van der Waals surface area contributed by atoms with Crippen LogP contribution < -0.4 is 19.6 Å². The van der Waals surface area contributed by atoms with Crippen molar-refractivity contribution in [3.63, 3.8) is 0 Å². The molecule has 0 saturated carbocycles. The van der Waals surface area contributed by atoms with E-state index in [4.69, 9.17) is 18.6 Å². The van der Waals surface area contributed by atoms with E-state index in [1.165, 1.54) is 6.21 Å². The predicted molar refractivity (Wildman–Crippen MR) is 151 cm³/mol. The minimum atomic E-state index is -0.462. The van der Waals surface area contributed by atoms with Crippen LogP contribution in [0.5, 0.6) is 17.2 Å². The van der Waals surface area contributed by atoms with Crippen LogP contribution in [-0.2, 0) is 6.61 Å². The van der Waals surface area contributed by atoms with E-state index in [9.17, 15) is 4.79 Å². The van der Waals surface area contributed by atoms with Crippen LogP contribution in [0.25, 0.3) is 21.7 Å². The van der Waals surface area contributed by atoms with E-state index < -0.39 is 5.91 Å². The van der Waals surface area contributed by atoms with Gasteiger partial charge >= 0.3 is 5.91 Å². The van der Waals surface area contributed by atoms with Gasteiger partial charge in [0.05, 0.1) is 24.4 Å². The number of nitrogens with zero attached hydrogens (tertiary/aromatic N) is 1. The SMILES string of the molecule is CCOc1ccc2oc(C(=O)N/N=C\c3cc(Br)c(OCc4cccc5ccccc45)c(OC)c3)cc2c1. The van der Waals surface area contributed by atoms with Crippen molar-refractivity contribution in [1.82, 2.24) is 5.43 Å². The number of furan rings is 1. The highest BCUT2D eigenvalue weighted by Crippen LogP contribution is 2.37.